The third-order valence-electron chi connectivity index (χ3n) is 5.82. The Bertz CT molecular complexity index is 1030. The molecule has 2 bridgehead atoms. The number of fused-ring (bicyclic) bond motifs is 2. The Morgan fingerprint density at radius 3 is 2.32 bits per heavy atom. The second-order valence-electron chi connectivity index (χ2n) is 6.89. The van der Waals surface area contributed by atoms with Crippen LogP contribution in [0.2, 0.25) is 0 Å². The monoisotopic (exact) mass is 388 g/mol. The maximum atomic E-state index is 10.3. The maximum Gasteiger partial charge on any atom is 0.244 e. The van der Waals surface area contributed by atoms with Gasteiger partial charge < -0.3 is 9.47 Å². The van der Waals surface area contributed by atoms with Crippen LogP contribution in [0.25, 0.3) is 0 Å². The van der Waals surface area contributed by atoms with Crippen LogP contribution in [0.15, 0.2) is 47.8 Å². The molecule has 2 aromatic rings. The van der Waals surface area contributed by atoms with Gasteiger partial charge in [0.1, 0.15) is 6.10 Å². The fourth-order valence-corrected chi connectivity index (χ4v) is 5.42. The molecule has 1 N–H and O–H groups in total. The molecular weight excluding hydrogens is 372 g/mol. The van der Waals surface area contributed by atoms with Crippen molar-refractivity contribution in [1.82, 2.24) is 0 Å². The van der Waals surface area contributed by atoms with E-state index in [0.717, 1.165) is 0 Å². The maximum absolute atomic E-state index is 10.3. The van der Waals surface area contributed by atoms with Crippen LogP contribution < -0.4 is 0 Å². The number of ether oxygens (including phenoxy) is 2. The van der Waals surface area contributed by atoms with Gasteiger partial charge in [0.2, 0.25) is 17.1 Å². The van der Waals surface area contributed by atoms with E-state index < -0.39 is 28.6 Å². The molecule has 4 unspecified atom stereocenters. The van der Waals surface area contributed by atoms with Gasteiger partial charge in [0.05, 0.1) is 24.1 Å². The van der Waals surface area contributed by atoms with Gasteiger partial charge in [0, 0.05) is 10.4 Å². The first kappa shape index (κ1) is 18.2. The number of nitrogens with one attached hydrogen (secondary N) is 1. The highest BCUT2D eigenvalue weighted by atomic mass is 32.1. The number of hydrogen-bond donors (Lipinski definition) is 1. The minimum atomic E-state index is -1.90. The van der Waals surface area contributed by atoms with Gasteiger partial charge in [0.15, 0.2) is 5.41 Å². The lowest BCUT2D eigenvalue weighted by atomic mass is 9.53. The third-order valence-corrected chi connectivity index (χ3v) is 6.73. The minimum Gasteiger partial charge on any atom is -0.443 e. The van der Waals surface area contributed by atoms with Crippen molar-refractivity contribution in [3.05, 3.63) is 58.3 Å². The van der Waals surface area contributed by atoms with Gasteiger partial charge in [-0.15, -0.1) is 11.3 Å². The summed E-state index contributed by atoms with van der Waals surface area (Å²) in [5.41, 5.74) is -2.98. The number of rotatable bonds is 3. The summed E-state index contributed by atoms with van der Waals surface area (Å²) in [5.74, 6) is -2.47. The van der Waals surface area contributed by atoms with Gasteiger partial charge in [0.25, 0.3) is 0 Å². The van der Waals surface area contributed by atoms with Crippen molar-refractivity contribution in [1.29, 1.82) is 21.2 Å². The highest BCUT2D eigenvalue weighted by molar-refractivity contribution is 7.10. The lowest BCUT2D eigenvalue weighted by Gasteiger charge is -2.49. The van der Waals surface area contributed by atoms with Crippen LogP contribution in [-0.4, -0.2) is 5.90 Å². The number of nitrogens with zero attached hydrogens (tertiary/aromatic N) is 3. The number of thiophene rings is 1. The third kappa shape index (κ3) is 1.89. The first-order chi connectivity index (χ1) is 13.6. The Kier molecular flexibility index (Phi) is 4.01. The van der Waals surface area contributed by atoms with Crippen molar-refractivity contribution in [2.75, 3.05) is 0 Å². The van der Waals surface area contributed by atoms with Crippen LogP contribution in [0.4, 0.5) is 0 Å². The van der Waals surface area contributed by atoms with E-state index in [2.05, 4.69) is 18.2 Å². The minimum absolute atomic E-state index is 0.382. The van der Waals surface area contributed by atoms with Crippen molar-refractivity contribution in [2.24, 2.45) is 16.7 Å². The Morgan fingerprint density at radius 2 is 1.79 bits per heavy atom. The van der Waals surface area contributed by atoms with Crippen molar-refractivity contribution in [3.63, 3.8) is 0 Å². The average molecular weight is 388 g/mol. The second kappa shape index (κ2) is 6.17. The summed E-state index contributed by atoms with van der Waals surface area (Å²) in [6.07, 6.45) is -0.624. The predicted octanol–water partition coefficient (Wildman–Crippen LogP) is 4.25. The van der Waals surface area contributed by atoms with Crippen LogP contribution in [0.5, 0.6) is 0 Å². The molecule has 2 saturated heterocycles. The van der Waals surface area contributed by atoms with Gasteiger partial charge >= 0.3 is 0 Å². The lowest BCUT2D eigenvalue weighted by Crippen LogP contribution is -2.58. The summed E-state index contributed by atoms with van der Waals surface area (Å²) in [5, 5.41) is 41.0. The molecule has 2 fully saturated rings. The van der Waals surface area contributed by atoms with E-state index in [0.29, 0.717) is 16.9 Å². The lowest BCUT2D eigenvalue weighted by molar-refractivity contribution is -0.292. The van der Waals surface area contributed by atoms with E-state index in [1.165, 1.54) is 11.3 Å². The molecule has 1 aromatic heterocycles. The summed E-state index contributed by atoms with van der Waals surface area (Å²) in [6.45, 7) is 1.85. The van der Waals surface area contributed by atoms with Crippen LogP contribution in [-0.2, 0) is 15.3 Å². The van der Waals surface area contributed by atoms with Crippen LogP contribution in [0.1, 0.15) is 29.9 Å². The zero-order chi connectivity index (χ0) is 20.0. The SMILES string of the molecule is CCC1C2(c3ccccc3)OC(=N)C1(C#N)C(C#N)(C#N)C(c1cccs1)O2. The van der Waals surface area contributed by atoms with E-state index in [1.807, 2.05) is 42.6 Å². The average Bonchev–Trinajstić information content (AvgIpc) is 3.33. The topological polar surface area (TPSA) is 114 Å². The Hall–Kier alpha value is -3.18. The largest absolute Gasteiger partial charge is 0.443 e. The Balaban J connectivity index is 2.07. The van der Waals surface area contributed by atoms with E-state index in [4.69, 9.17) is 14.9 Å². The van der Waals surface area contributed by atoms with E-state index in [-0.39, 0.29) is 5.90 Å². The zero-order valence-electron chi connectivity index (χ0n) is 15.0. The molecule has 138 valence electrons. The number of hydrogen-bond acceptors (Lipinski definition) is 7. The van der Waals surface area contributed by atoms with Crippen molar-refractivity contribution >= 4 is 17.2 Å². The fraction of sp³-hybridized carbons (Fsp3) is 0.333. The molecule has 0 saturated carbocycles. The summed E-state index contributed by atoms with van der Waals surface area (Å²) < 4.78 is 12.4. The van der Waals surface area contributed by atoms with E-state index in [9.17, 15) is 15.8 Å². The molecule has 0 aliphatic carbocycles. The van der Waals surface area contributed by atoms with Gasteiger partial charge in [-0.25, -0.2) is 0 Å². The van der Waals surface area contributed by atoms with Crippen LogP contribution in [0.3, 0.4) is 0 Å². The molecule has 4 rings (SSSR count). The fourth-order valence-electron chi connectivity index (χ4n) is 4.60. The van der Waals surface area contributed by atoms with Crippen molar-refractivity contribution in [3.8, 4) is 18.2 Å². The first-order valence-corrected chi connectivity index (χ1v) is 9.72. The molecule has 0 radical (unpaired) electrons. The van der Waals surface area contributed by atoms with Crippen molar-refractivity contribution < 1.29 is 9.47 Å². The Labute approximate surface area is 166 Å². The quantitative estimate of drug-likeness (QED) is 0.844. The molecule has 4 atom stereocenters. The number of benzene rings is 1. The second-order valence-corrected chi connectivity index (χ2v) is 7.87. The summed E-state index contributed by atoms with van der Waals surface area (Å²) in [4.78, 5) is 0.649. The van der Waals surface area contributed by atoms with Gasteiger partial charge in [-0.1, -0.05) is 43.3 Å². The van der Waals surface area contributed by atoms with Gasteiger partial charge in [-0.05, 0) is 17.9 Å². The molecule has 28 heavy (non-hydrogen) atoms. The Morgan fingerprint density at radius 1 is 1.07 bits per heavy atom. The number of nitriles is 3. The summed E-state index contributed by atoms with van der Waals surface area (Å²) in [7, 11) is 0. The molecular formula is C21H16N4O2S. The smallest absolute Gasteiger partial charge is 0.244 e. The van der Waals surface area contributed by atoms with Crippen molar-refractivity contribution in [2.45, 2.75) is 25.2 Å². The highest BCUT2D eigenvalue weighted by Gasteiger charge is 2.80. The summed E-state index contributed by atoms with van der Waals surface area (Å²) >= 11 is 1.34. The predicted molar refractivity (Wildman–Crippen MR) is 101 cm³/mol. The molecule has 2 aliphatic heterocycles. The zero-order valence-corrected chi connectivity index (χ0v) is 15.9. The molecule has 2 aliphatic rings. The van der Waals surface area contributed by atoms with E-state index >= 15 is 0 Å². The first-order valence-electron chi connectivity index (χ1n) is 8.84. The van der Waals surface area contributed by atoms with Gasteiger partial charge in [-0.3, -0.25) is 5.41 Å². The van der Waals surface area contributed by atoms with Gasteiger partial charge in [-0.2, -0.15) is 15.8 Å². The molecule has 0 amide bonds. The highest BCUT2D eigenvalue weighted by Crippen LogP contribution is 2.70. The molecule has 3 heterocycles. The standard InChI is InChI=1S/C21H16N4O2S/c1-2-16-20(13-24)18(25)27-21(16,14-7-4-3-5-8-14)26-17(15-9-6-10-28-15)19(20,11-22)12-23/h3-10,16-17,25H,2H2,1H3. The van der Waals surface area contributed by atoms with Crippen LogP contribution >= 0.6 is 11.3 Å². The summed E-state index contributed by atoms with van der Waals surface area (Å²) in [6, 6.07) is 19.0. The molecule has 0 spiro atoms. The van der Waals surface area contributed by atoms with E-state index in [1.54, 1.807) is 12.1 Å². The molecule has 6 nitrogen and oxygen atoms in total. The van der Waals surface area contributed by atoms with Crippen LogP contribution in [0, 0.1) is 56.2 Å². The molecule has 1 aromatic carbocycles. The molecule has 7 heteroatoms. The normalized spacial score (nSPS) is 32.6.